The van der Waals surface area contributed by atoms with E-state index in [1.807, 2.05) is 19.1 Å². The maximum absolute atomic E-state index is 11.8. The fraction of sp³-hybridized carbons (Fsp3) is 0.308. The fourth-order valence-corrected chi connectivity index (χ4v) is 1.26. The zero-order valence-electron chi connectivity index (χ0n) is 12.0. The van der Waals surface area contributed by atoms with Gasteiger partial charge in [0.25, 0.3) is 0 Å². The number of carbonyl (C=O) groups is 2. The number of hydrogen-bond donors (Lipinski definition) is 3. The Morgan fingerprint density at radius 3 is 2.25 bits per heavy atom. The van der Waals surface area contributed by atoms with E-state index in [2.05, 4.69) is 16.0 Å². The highest BCUT2D eigenvalue weighted by Gasteiger charge is 2.19. The molecule has 0 atom stereocenters. The van der Waals surface area contributed by atoms with E-state index in [1.54, 1.807) is 26.2 Å². The van der Waals surface area contributed by atoms with Crippen LogP contribution in [-0.4, -0.2) is 43.9 Å². The monoisotopic (exact) mass is 279 g/mol. The van der Waals surface area contributed by atoms with Gasteiger partial charge in [0.05, 0.1) is 14.1 Å². The number of aryl methyl sites for hydroxylation is 1. The summed E-state index contributed by atoms with van der Waals surface area (Å²) in [6.45, 7) is 1.96. The number of alkyl carbamates (subject to hydrolysis) is 1. The minimum atomic E-state index is -0.663. The van der Waals surface area contributed by atoms with E-state index in [-0.39, 0.29) is 6.02 Å². The van der Waals surface area contributed by atoms with Crippen LogP contribution in [0.15, 0.2) is 24.3 Å². The molecular weight excluding hydrogens is 260 g/mol. The van der Waals surface area contributed by atoms with Gasteiger partial charge >= 0.3 is 18.1 Å². The van der Waals surface area contributed by atoms with Crippen molar-refractivity contribution in [1.82, 2.24) is 10.6 Å². The first kappa shape index (κ1) is 15.5. The Hall–Kier alpha value is -2.57. The summed E-state index contributed by atoms with van der Waals surface area (Å²) in [6.07, 6.45) is -0.663. The van der Waals surface area contributed by atoms with Crippen LogP contribution in [0.4, 0.5) is 15.3 Å². The summed E-state index contributed by atoms with van der Waals surface area (Å²) in [5.74, 6) is 0. The summed E-state index contributed by atoms with van der Waals surface area (Å²) < 4.78 is 6.39. The molecule has 3 N–H and O–H groups in total. The molecule has 7 nitrogen and oxygen atoms in total. The quantitative estimate of drug-likeness (QED) is 0.409. The summed E-state index contributed by atoms with van der Waals surface area (Å²) in [7, 11) is 4.72. The van der Waals surface area contributed by atoms with Crippen LogP contribution in [0, 0.1) is 6.92 Å². The van der Waals surface area contributed by atoms with E-state index < -0.39 is 12.1 Å². The van der Waals surface area contributed by atoms with Crippen molar-refractivity contribution < 1.29 is 18.9 Å². The number of nitrogens with one attached hydrogen (secondary N) is 3. The molecule has 1 aromatic rings. The Kier molecular flexibility index (Phi) is 5.52. The molecule has 108 valence electrons. The molecule has 0 fully saturated rings. The zero-order chi connectivity index (χ0) is 15.1. The van der Waals surface area contributed by atoms with Gasteiger partial charge in [0.1, 0.15) is 0 Å². The number of hydrogen-bond acceptors (Lipinski definition) is 3. The molecule has 20 heavy (non-hydrogen) atoms. The SMILES string of the molecule is CNC(=O)OC(NC(=O)Nc1ccc(C)cc1)=[N+](C)C. The molecule has 0 aliphatic carbocycles. The van der Waals surface area contributed by atoms with Gasteiger partial charge in [0.2, 0.25) is 0 Å². The first-order valence-electron chi connectivity index (χ1n) is 6.01. The highest BCUT2D eigenvalue weighted by molar-refractivity contribution is 6.01. The van der Waals surface area contributed by atoms with Crippen LogP contribution < -0.4 is 16.0 Å². The minimum Gasteiger partial charge on any atom is -0.340 e. The number of amides is 3. The Morgan fingerprint density at radius 2 is 1.75 bits per heavy atom. The second kappa shape index (κ2) is 7.13. The standard InChI is InChI=1S/C13H18N4O3/c1-9-5-7-10(8-6-9)15-11(18)16-12(17(3)4)20-13(19)14-2/h5-8H,1-4H3,(H2,14,15,18,19)/p+1. The lowest BCUT2D eigenvalue weighted by atomic mass is 10.2. The summed E-state index contributed by atoms with van der Waals surface area (Å²) in [5, 5.41) is 7.39. The van der Waals surface area contributed by atoms with Crippen LogP contribution >= 0.6 is 0 Å². The first-order chi connectivity index (χ1) is 9.42. The number of anilines is 1. The largest absolute Gasteiger partial charge is 0.461 e. The number of amidine groups is 1. The van der Waals surface area contributed by atoms with Crippen molar-refractivity contribution in [3.8, 4) is 0 Å². The summed E-state index contributed by atoms with van der Waals surface area (Å²) in [5.41, 5.74) is 1.74. The fourth-order valence-electron chi connectivity index (χ4n) is 1.26. The van der Waals surface area contributed by atoms with Crippen LogP contribution in [0.5, 0.6) is 0 Å². The second-order valence-corrected chi connectivity index (χ2v) is 4.28. The highest BCUT2D eigenvalue weighted by Crippen LogP contribution is 2.07. The number of ether oxygens (including phenoxy) is 1. The summed E-state index contributed by atoms with van der Waals surface area (Å²) in [4.78, 5) is 23.0. The number of benzene rings is 1. The molecule has 0 radical (unpaired) electrons. The van der Waals surface area contributed by atoms with Gasteiger partial charge in [-0.3, -0.25) is 5.32 Å². The van der Waals surface area contributed by atoms with Crippen LogP contribution in [0.25, 0.3) is 0 Å². The highest BCUT2D eigenvalue weighted by atomic mass is 16.6. The number of rotatable bonds is 1. The predicted octanol–water partition coefficient (Wildman–Crippen LogP) is 1.10. The average molecular weight is 279 g/mol. The predicted molar refractivity (Wildman–Crippen MR) is 76.0 cm³/mol. The Balaban J connectivity index is 2.65. The molecule has 0 aliphatic rings. The third-order valence-electron chi connectivity index (χ3n) is 2.33. The van der Waals surface area contributed by atoms with Crippen molar-refractivity contribution in [2.75, 3.05) is 26.5 Å². The molecule has 0 bridgehead atoms. The maximum Gasteiger partial charge on any atom is 0.461 e. The van der Waals surface area contributed by atoms with Crippen molar-refractivity contribution in [2.45, 2.75) is 6.92 Å². The number of carbonyl (C=O) groups excluding carboxylic acids is 2. The van der Waals surface area contributed by atoms with Gasteiger partial charge in [-0.05, 0) is 19.1 Å². The molecule has 0 aliphatic heterocycles. The molecule has 0 saturated heterocycles. The van der Waals surface area contributed by atoms with Crippen LogP contribution in [0.2, 0.25) is 0 Å². The van der Waals surface area contributed by atoms with Crippen LogP contribution in [-0.2, 0) is 4.74 Å². The Bertz CT molecular complexity index is 519. The topological polar surface area (TPSA) is 82.5 Å². The van der Waals surface area contributed by atoms with Crippen LogP contribution in [0.1, 0.15) is 5.56 Å². The summed E-state index contributed by atoms with van der Waals surface area (Å²) >= 11 is 0. The first-order valence-corrected chi connectivity index (χ1v) is 6.01. The van der Waals surface area contributed by atoms with Gasteiger partial charge in [-0.15, -0.1) is 0 Å². The van der Waals surface area contributed by atoms with E-state index in [4.69, 9.17) is 4.74 Å². The van der Waals surface area contributed by atoms with E-state index >= 15 is 0 Å². The lowest BCUT2D eigenvalue weighted by Crippen LogP contribution is -2.42. The molecule has 1 rings (SSSR count). The van der Waals surface area contributed by atoms with Gasteiger partial charge < -0.3 is 10.1 Å². The molecule has 7 heteroatoms. The molecule has 0 aromatic heterocycles. The molecular formula is C13H19N4O3+. The van der Waals surface area contributed by atoms with Crippen LogP contribution in [0.3, 0.4) is 0 Å². The third kappa shape index (κ3) is 4.97. The molecule has 0 unspecified atom stereocenters. The molecule has 0 spiro atoms. The minimum absolute atomic E-state index is 0.0222. The summed E-state index contributed by atoms with van der Waals surface area (Å²) in [6, 6.07) is 6.85. The van der Waals surface area contributed by atoms with Gasteiger partial charge in [-0.25, -0.2) is 14.2 Å². The zero-order valence-corrected chi connectivity index (χ0v) is 12.0. The third-order valence-corrected chi connectivity index (χ3v) is 2.33. The Morgan fingerprint density at radius 1 is 1.15 bits per heavy atom. The van der Waals surface area contributed by atoms with Crippen molar-refractivity contribution in [1.29, 1.82) is 0 Å². The molecule has 0 saturated carbocycles. The maximum atomic E-state index is 11.8. The number of nitrogens with zero attached hydrogens (tertiary/aromatic N) is 1. The smallest absolute Gasteiger partial charge is 0.340 e. The normalized spacial score (nSPS) is 9.40. The van der Waals surface area contributed by atoms with Gasteiger partial charge in [-0.2, -0.15) is 5.32 Å². The van der Waals surface area contributed by atoms with Gasteiger partial charge in [-0.1, -0.05) is 17.7 Å². The lowest BCUT2D eigenvalue weighted by Gasteiger charge is -2.06. The van der Waals surface area contributed by atoms with Gasteiger partial charge in [0, 0.05) is 12.7 Å². The van der Waals surface area contributed by atoms with Crippen molar-refractivity contribution in [3.05, 3.63) is 29.8 Å². The number of urea groups is 1. The lowest BCUT2D eigenvalue weighted by molar-refractivity contribution is -0.474. The second-order valence-electron chi connectivity index (χ2n) is 4.28. The van der Waals surface area contributed by atoms with E-state index in [0.717, 1.165) is 5.56 Å². The average Bonchev–Trinajstić information content (AvgIpc) is 2.40. The molecule has 3 amide bonds. The van der Waals surface area contributed by atoms with Crippen molar-refractivity contribution in [3.63, 3.8) is 0 Å². The molecule has 0 heterocycles. The van der Waals surface area contributed by atoms with Crippen molar-refractivity contribution >= 4 is 23.8 Å². The van der Waals surface area contributed by atoms with Gasteiger partial charge in [0.15, 0.2) is 0 Å². The van der Waals surface area contributed by atoms with Crippen molar-refractivity contribution in [2.24, 2.45) is 0 Å². The van der Waals surface area contributed by atoms with E-state index in [1.165, 1.54) is 11.6 Å². The van der Waals surface area contributed by atoms with E-state index in [9.17, 15) is 9.59 Å². The van der Waals surface area contributed by atoms with E-state index in [0.29, 0.717) is 5.69 Å². The molecule has 1 aromatic carbocycles. The Labute approximate surface area is 117 Å².